The summed E-state index contributed by atoms with van der Waals surface area (Å²) < 4.78 is 0.853. The maximum Gasteiger partial charge on any atom is 0.234 e. The number of para-hydroxylation sites is 1. The second-order valence-corrected chi connectivity index (χ2v) is 8.04. The predicted octanol–water partition coefficient (Wildman–Crippen LogP) is 4.73. The zero-order chi connectivity index (χ0) is 16.8. The van der Waals surface area contributed by atoms with Crippen molar-refractivity contribution in [2.75, 3.05) is 11.1 Å². The molecule has 0 unspecified atom stereocenters. The number of nitrogens with one attached hydrogen (secondary N) is 1. The van der Waals surface area contributed by atoms with Gasteiger partial charge in [-0.25, -0.2) is 0 Å². The van der Waals surface area contributed by atoms with Crippen LogP contribution in [0.5, 0.6) is 0 Å². The SMILES string of the molecule is Cc1ccccc1SCC(=O)Nc1ccccc1Sc1nncs1. The van der Waals surface area contributed by atoms with E-state index in [0.717, 1.165) is 19.8 Å². The lowest BCUT2D eigenvalue weighted by atomic mass is 10.2. The van der Waals surface area contributed by atoms with Gasteiger partial charge in [0.15, 0.2) is 4.34 Å². The topological polar surface area (TPSA) is 54.9 Å². The minimum absolute atomic E-state index is 0.0198. The molecule has 0 aliphatic rings. The van der Waals surface area contributed by atoms with Gasteiger partial charge in [0.2, 0.25) is 5.91 Å². The molecule has 0 aliphatic heterocycles. The molecule has 0 radical (unpaired) electrons. The van der Waals surface area contributed by atoms with Crippen LogP contribution >= 0.6 is 34.9 Å². The summed E-state index contributed by atoms with van der Waals surface area (Å²) in [6.45, 7) is 2.05. The summed E-state index contributed by atoms with van der Waals surface area (Å²) in [4.78, 5) is 14.4. The first-order valence-corrected chi connectivity index (χ1v) is 9.92. The van der Waals surface area contributed by atoms with Crippen molar-refractivity contribution in [2.24, 2.45) is 0 Å². The van der Waals surface area contributed by atoms with E-state index in [0.29, 0.717) is 5.75 Å². The highest BCUT2D eigenvalue weighted by Crippen LogP contribution is 2.34. The van der Waals surface area contributed by atoms with Crippen LogP contribution in [0.25, 0.3) is 0 Å². The van der Waals surface area contributed by atoms with Crippen LogP contribution in [0.2, 0.25) is 0 Å². The van der Waals surface area contributed by atoms with Gasteiger partial charge < -0.3 is 5.32 Å². The molecule has 0 fully saturated rings. The highest BCUT2D eigenvalue weighted by atomic mass is 32.2. The first-order valence-electron chi connectivity index (χ1n) is 7.24. The Kier molecular flexibility index (Phi) is 5.90. The van der Waals surface area contributed by atoms with E-state index >= 15 is 0 Å². The third-order valence-corrected chi connectivity index (χ3v) is 6.18. The van der Waals surface area contributed by atoms with Gasteiger partial charge in [0, 0.05) is 9.79 Å². The normalized spacial score (nSPS) is 10.5. The van der Waals surface area contributed by atoms with E-state index in [1.807, 2.05) is 55.5 Å². The van der Waals surface area contributed by atoms with Crippen LogP contribution in [0.4, 0.5) is 5.69 Å². The molecule has 3 aromatic rings. The average molecular weight is 374 g/mol. The average Bonchev–Trinajstić information content (AvgIpc) is 3.09. The summed E-state index contributed by atoms with van der Waals surface area (Å²) >= 11 is 4.53. The van der Waals surface area contributed by atoms with Crippen molar-refractivity contribution < 1.29 is 4.79 Å². The van der Waals surface area contributed by atoms with E-state index in [9.17, 15) is 4.79 Å². The van der Waals surface area contributed by atoms with Gasteiger partial charge in [-0.15, -0.1) is 22.0 Å². The number of hydrogen-bond donors (Lipinski definition) is 1. The van der Waals surface area contributed by atoms with E-state index in [1.54, 1.807) is 17.3 Å². The zero-order valence-corrected chi connectivity index (χ0v) is 15.4. The van der Waals surface area contributed by atoms with Crippen molar-refractivity contribution in [3.63, 3.8) is 0 Å². The summed E-state index contributed by atoms with van der Waals surface area (Å²) in [5.41, 5.74) is 3.68. The number of amides is 1. The molecule has 2 aromatic carbocycles. The van der Waals surface area contributed by atoms with Crippen molar-refractivity contribution >= 4 is 46.5 Å². The Morgan fingerprint density at radius 2 is 1.88 bits per heavy atom. The first-order chi connectivity index (χ1) is 11.7. The number of aryl methyl sites for hydroxylation is 1. The molecule has 122 valence electrons. The molecule has 0 bridgehead atoms. The van der Waals surface area contributed by atoms with Crippen LogP contribution in [0, 0.1) is 6.92 Å². The summed E-state index contributed by atoms with van der Waals surface area (Å²) in [5.74, 6) is 0.358. The van der Waals surface area contributed by atoms with E-state index < -0.39 is 0 Å². The van der Waals surface area contributed by atoms with E-state index in [2.05, 4.69) is 15.5 Å². The third kappa shape index (κ3) is 4.59. The maximum atomic E-state index is 12.3. The highest BCUT2D eigenvalue weighted by Gasteiger charge is 2.10. The molecule has 0 atom stereocenters. The van der Waals surface area contributed by atoms with Crippen LogP contribution < -0.4 is 5.32 Å². The van der Waals surface area contributed by atoms with Crippen molar-refractivity contribution in [1.29, 1.82) is 0 Å². The fourth-order valence-corrected chi connectivity index (χ4v) is 4.36. The Balaban J connectivity index is 1.63. The first kappa shape index (κ1) is 17.0. The van der Waals surface area contributed by atoms with Crippen molar-refractivity contribution in [1.82, 2.24) is 10.2 Å². The van der Waals surface area contributed by atoms with Gasteiger partial charge in [0.1, 0.15) is 5.51 Å². The van der Waals surface area contributed by atoms with Crippen molar-refractivity contribution in [3.05, 3.63) is 59.6 Å². The standard InChI is InChI=1S/C17H15N3OS3/c1-12-6-2-4-8-14(12)22-10-16(21)19-13-7-3-5-9-15(13)24-17-20-18-11-23-17/h2-9,11H,10H2,1H3,(H,19,21). The number of carbonyl (C=O) groups is 1. The quantitative estimate of drug-likeness (QED) is 0.633. The monoisotopic (exact) mass is 373 g/mol. The third-order valence-electron chi connectivity index (χ3n) is 3.15. The van der Waals surface area contributed by atoms with Gasteiger partial charge in [-0.2, -0.15) is 0 Å². The minimum Gasteiger partial charge on any atom is -0.324 e. The second-order valence-electron chi connectivity index (χ2n) is 4.91. The van der Waals surface area contributed by atoms with Crippen molar-refractivity contribution in [2.45, 2.75) is 21.1 Å². The highest BCUT2D eigenvalue weighted by molar-refractivity contribution is 8.01. The number of carbonyl (C=O) groups excluding carboxylic acids is 1. The summed E-state index contributed by atoms with van der Waals surface area (Å²) in [7, 11) is 0. The second kappa shape index (κ2) is 8.32. The van der Waals surface area contributed by atoms with Gasteiger partial charge in [0.05, 0.1) is 11.4 Å². The Hall–Kier alpha value is -1.83. The molecule has 0 spiro atoms. The van der Waals surface area contributed by atoms with Gasteiger partial charge in [-0.3, -0.25) is 4.79 Å². The predicted molar refractivity (Wildman–Crippen MR) is 101 cm³/mol. The number of thioether (sulfide) groups is 1. The Morgan fingerprint density at radius 3 is 2.62 bits per heavy atom. The summed E-state index contributed by atoms with van der Waals surface area (Å²) in [6.07, 6.45) is 0. The zero-order valence-electron chi connectivity index (χ0n) is 12.9. The van der Waals surface area contributed by atoms with Crippen LogP contribution in [0.1, 0.15) is 5.56 Å². The van der Waals surface area contributed by atoms with E-state index in [-0.39, 0.29) is 5.91 Å². The smallest absolute Gasteiger partial charge is 0.234 e. The number of aromatic nitrogens is 2. The fourth-order valence-electron chi connectivity index (χ4n) is 2.01. The molecule has 1 N–H and O–H groups in total. The molecular formula is C17H15N3OS3. The number of hydrogen-bond acceptors (Lipinski definition) is 6. The van der Waals surface area contributed by atoms with Crippen molar-refractivity contribution in [3.8, 4) is 0 Å². The van der Waals surface area contributed by atoms with E-state index in [1.165, 1.54) is 28.7 Å². The minimum atomic E-state index is -0.0198. The van der Waals surface area contributed by atoms with E-state index in [4.69, 9.17) is 0 Å². The molecule has 1 heterocycles. The Morgan fingerprint density at radius 1 is 1.12 bits per heavy atom. The number of nitrogens with zero attached hydrogens (tertiary/aromatic N) is 2. The molecule has 24 heavy (non-hydrogen) atoms. The number of rotatable bonds is 6. The fraction of sp³-hybridized carbons (Fsp3) is 0.118. The Labute approximate surface area is 153 Å². The molecule has 1 aromatic heterocycles. The molecule has 3 rings (SSSR count). The molecular weight excluding hydrogens is 358 g/mol. The van der Waals surface area contributed by atoms with Crippen LogP contribution in [-0.4, -0.2) is 21.9 Å². The van der Waals surface area contributed by atoms with Crippen LogP contribution in [-0.2, 0) is 4.79 Å². The van der Waals surface area contributed by atoms with Crippen LogP contribution in [0.15, 0.2) is 68.2 Å². The van der Waals surface area contributed by atoms with Gasteiger partial charge in [0.25, 0.3) is 0 Å². The molecule has 4 nitrogen and oxygen atoms in total. The van der Waals surface area contributed by atoms with Gasteiger partial charge in [-0.1, -0.05) is 53.4 Å². The lowest BCUT2D eigenvalue weighted by Crippen LogP contribution is -2.14. The van der Waals surface area contributed by atoms with Gasteiger partial charge in [-0.05, 0) is 30.7 Å². The number of anilines is 1. The largest absolute Gasteiger partial charge is 0.324 e. The Bertz CT molecular complexity index is 821. The molecule has 0 saturated carbocycles. The molecule has 1 amide bonds. The van der Waals surface area contributed by atoms with Gasteiger partial charge >= 0.3 is 0 Å². The number of benzene rings is 2. The molecule has 0 saturated heterocycles. The molecule has 0 aliphatic carbocycles. The lowest BCUT2D eigenvalue weighted by Gasteiger charge is -2.10. The lowest BCUT2D eigenvalue weighted by molar-refractivity contribution is -0.113. The molecule has 7 heteroatoms. The summed E-state index contributed by atoms with van der Waals surface area (Å²) in [6, 6.07) is 15.8. The summed E-state index contributed by atoms with van der Waals surface area (Å²) in [5, 5.41) is 10.9. The van der Waals surface area contributed by atoms with Crippen LogP contribution in [0.3, 0.4) is 0 Å². The maximum absolute atomic E-state index is 12.3.